The average Bonchev–Trinajstić information content (AvgIpc) is 2.89. The number of carbonyl (C=O) groups is 3. The Labute approximate surface area is 247 Å². The fraction of sp³-hybridized carbons (Fsp3) is 0.364. The number of hydrogen-bond acceptors (Lipinski definition) is 5. The molecule has 3 aromatic rings. The van der Waals surface area contributed by atoms with Crippen LogP contribution in [0.1, 0.15) is 61.5 Å². The van der Waals surface area contributed by atoms with Crippen LogP contribution in [0.3, 0.4) is 0 Å². The second kappa shape index (κ2) is 13.9. The lowest BCUT2D eigenvalue weighted by Gasteiger charge is -2.23. The van der Waals surface area contributed by atoms with Gasteiger partial charge in [0.2, 0.25) is 11.8 Å². The third-order valence-electron chi connectivity index (χ3n) is 6.62. The number of aryl methyl sites for hydroxylation is 2. The van der Waals surface area contributed by atoms with Gasteiger partial charge in [-0.25, -0.2) is 12.8 Å². The van der Waals surface area contributed by atoms with Crippen molar-refractivity contribution in [3.8, 4) is 11.1 Å². The maximum absolute atomic E-state index is 14.5. The third-order valence-corrected chi connectivity index (χ3v) is 8.45. The highest BCUT2D eigenvalue weighted by Gasteiger charge is 2.30. The second-order valence-electron chi connectivity index (χ2n) is 11.7. The fourth-order valence-corrected chi connectivity index (χ4v) is 6.05. The molecule has 224 valence electrons. The highest BCUT2D eigenvalue weighted by molar-refractivity contribution is 7.91. The molecule has 0 saturated heterocycles. The Morgan fingerprint density at radius 2 is 1.55 bits per heavy atom. The molecule has 42 heavy (non-hydrogen) atoms. The van der Waals surface area contributed by atoms with Crippen LogP contribution in [-0.4, -0.2) is 43.9 Å². The first kappa shape index (κ1) is 32.7. The predicted octanol–water partition coefficient (Wildman–Crippen LogP) is 5.58. The molecule has 0 aliphatic heterocycles. The average molecular weight is 595 g/mol. The predicted molar refractivity (Wildman–Crippen MR) is 162 cm³/mol. The van der Waals surface area contributed by atoms with E-state index in [0.29, 0.717) is 0 Å². The van der Waals surface area contributed by atoms with Crippen molar-refractivity contribution >= 4 is 27.4 Å². The molecule has 0 aliphatic carbocycles. The molecule has 2 amide bonds. The zero-order chi connectivity index (χ0) is 31.1. The van der Waals surface area contributed by atoms with E-state index in [1.165, 1.54) is 24.3 Å². The van der Waals surface area contributed by atoms with E-state index in [-0.39, 0.29) is 36.3 Å². The highest BCUT2D eigenvalue weighted by atomic mass is 32.2. The summed E-state index contributed by atoms with van der Waals surface area (Å²) in [7, 11) is -3.86. The van der Waals surface area contributed by atoms with Crippen LogP contribution < -0.4 is 10.6 Å². The van der Waals surface area contributed by atoms with Crippen LogP contribution in [0.2, 0.25) is 0 Å². The zero-order valence-corrected chi connectivity index (χ0v) is 25.6. The van der Waals surface area contributed by atoms with Crippen molar-refractivity contribution in [2.24, 2.45) is 5.92 Å². The van der Waals surface area contributed by atoms with Crippen molar-refractivity contribution in [1.29, 1.82) is 0 Å². The van der Waals surface area contributed by atoms with E-state index in [9.17, 15) is 27.2 Å². The molecular weight excluding hydrogens is 555 g/mol. The van der Waals surface area contributed by atoms with Gasteiger partial charge in [-0.05, 0) is 76.4 Å². The number of ketones is 1. The van der Waals surface area contributed by atoms with Gasteiger partial charge in [-0.15, -0.1) is 0 Å². The first-order valence-electron chi connectivity index (χ1n) is 13.9. The lowest BCUT2D eigenvalue weighted by atomic mass is 9.98. The summed E-state index contributed by atoms with van der Waals surface area (Å²) in [6.45, 7) is 9.22. The van der Waals surface area contributed by atoms with E-state index in [2.05, 4.69) is 10.6 Å². The summed E-state index contributed by atoms with van der Waals surface area (Å²) in [6.07, 6.45) is -0.125. The molecule has 0 aromatic heterocycles. The summed E-state index contributed by atoms with van der Waals surface area (Å²) in [5.74, 6) is -3.76. The van der Waals surface area contributed by atoms with Crippen molar-refractivity contribution in [3.05, 3.63) is 89.2 Å². The molecule has 0 unspecified atom stereocenters. The lowest BCUT2D eigenvalue weighted by Crippen LogP contribution is -2.44. The SMILES string of the molecule is Cc1ccc(S(=O)(=O)C[C@@H](CC(=O)NC(C)(C)C)C(=O)NCCCC(=O)c2cc(-c3cccc(C)c3)ccc2F)cc1. The van der Waals surface area contributed by atoms with Gasteiger partial charge in [-0.2, -0.15) is 0 Å². The van der Waals surface area contributed by atoms with E-state index in [0.717, 1.165) is 22.3 Å². The Hall–Kier alpha value is -3.85. The number of nitrogens with one attached hydrogen (secondary N) is 2. The van der Waals surface area contributed by atoms with Crippen molar-refractivity contribution in [2.75, 3.05) is 12.3 Å². The largest absolute Gasteiger partial charge is 0.356 e. The van der Waals surface area contributed by atoms with E-state index < -0.39 is 50.5 Å². The molecule has 7 nitrogen and oxygen atoms in total. The van der Waals surface area contributed by atoms with E-state index >= 15 is 0 Å². The van der Waals surface area contributed by atoms with Crippen molar-refractivity contribution in [2.45, 2.75) is 64.3 Å². The smallest absolute Gasteiger partial charge is 0.224 e. The lowest BCUT2D eigenvalue weighted by molar-refractivity contribution is -0.130. The molecule has 9 heteroatoms. The van der Waals surface area contributed by atoms with Crippen molar-refractivity contribution in [3.63, 3.8) is 0 Å². The van der Waals surface area contributed by atoms with E-state index in [1.807, 2.05) is 38.1 Å². The number of Topliss-reactive ketones (excluding diaryl/α,β-unsaturated/α-hetero) is 1. The number of rotatable bonds is 12. The Morgan fingerprint density at radius 1 is 0.881 bits per heavy atom. The summed E-state index contributed by atoms with van der Waals surface area (Å²) in [5.41, 5.74) is 2.95. The molecule has 0 heterocycles. The third kappa shape index (κ3) is 9.62. The van der Waals surface area contributed by atoms with Crippen LogP contribution in [0, 0.1) is 25.6 Å². The van der Waals surface area contributed by atoms with Gasteiger partial charge in [0.05, 0.1) is 22.1 Å². The van der Waals surface area contributed by atoms with Crippen LogP contribution in [-0.2, 0) is 19.4 Å². The number of amides is 2. The first-order chi connectivity index (χ1) is 19.6. The van der Waals surface area contributed by atoms with Crippen molar-refractivity contribution in [1.82, 2.24) is 10.6 Å². The summed E-state index contributed by atoms with van der Waals surface area (Å²) in [6, 6.07) is 18.4. The van der Waals surface area contributed by atoms with Crippen LogP contribution in [0.4, 0.5) is 4.39 Å². The molecule has 0 aliphatic rings. The maximum atomic E-state index is 14.5. The summed E-state index contributed by atoms with van der Waals surface area (Å²) >= 11 is 0. The molecule has 0 fully saturated rings. The number of sulfone groups is 1. The fourth-order valence-electron chi connectivity index (χ4n) is 4.51. The number of benzene rings is 3. The van der Waals surface area contributed by atoms with Gasteiger partial charge in [0.25, 0.3) is 0 Å². The summed E-state index contributed by atoms with van der Waals surface area (Å²) in [5, 5.41) is 5.44. The number of carbonyl (C=O) groups excluding carboxylic acids is 3. The molecule has 0 saturated carbocycles. The molecule has 3 rings (SSSR count). The normalized spacial score (nSPS) is 12.4. The topological polar surface area (TPSA) is 109 Å². The van der Waals surface area contributed by atoms with Gasteiger partial charge in [0.1, 0.15) is 5.82 Å². The quantitative estimate of drug-likeness (QED) is 0.210. The van der Waals surface area contributed by atoms with Gasteiger partial charge in [-0.1, -0.05) is 53.6 Å². The molecule has 2 N–H and O–H groups in total. The van der Waals surface area contributed by atoms with Gasteiger partial charge in [-0.3, -0.25) is 14.4 Å². The van der Waals surface area contributed by atoms with E-state index in [1.54, 1.807) is 39.0 Å². The highest BCUT2D eigenvalue weighted by Crippen LogP contribution is 2.24. The van der Waals surface area contributed by atoms with Crippen LogP contribution in [0.15, 0.2) is 71.6 Å². The maximum Gasteiger partial charge on any atom is 0.224 e. The Kier molecular flexibility index (Phi) is 10.8. The Morgan fingerprint density at radius 3 is 2.19 bits per heavy atom. The van der Waals surface area contributed by atoms with Crippen molar-refractivity contribution < 1.29 is 27.2 Å². The molecule has 1 atom stereocenters. The number of hydrogen-bond donors (Lipinski definition) is 2. The van der Waals surface area contributed by atoms with E-state index in [4.69, 9.17) is 0 Å². The van der Waals surface area contributed by atoms with Gasteiger partial charge in [0, 0.05) is 24.9 Å². The minimum atomic E-state index is -3.86. The van der Waals surface area contributed by atoms with Crippen LogP contribution >= 0.6 is 0 Å². The summed E-state index contributed by atoms with van der Waals surface area (Å²) in [4.78, 5) is 38.7. The van der Waals surface area contributed by atoms with Gasteiger partial charge >= 0.3 is 0 Å². The zero-order valence-electron chi connectivity index (χ0n) is 24.8. The minimum Gasteiger partial charge on any atom is -0.356 e. The Balaban J connectivity index is 1.65. The minimum absolute atomic E-state index is 0.0225. The molecular formula is C33H39FN2O5S. The Bertz CT molecular complexity index is 1540. The monoisotopic (exact) mass is 594 g/mol. The van der Waals surface area contributed by atoms with Gasteiger partial charge < -0.3 is 10.6 Å². The summed E-state index contributed by atoms with van der Waals surface area (Å²) < 4.78 is 40.7. The van der Waals surface area contributed by atoms with Crippen LogP contribution in [0.5, 0.6) is 0 Å². The molecule has 0 radical (unpaired) electrons. The standard InChI is InChI=1S/C33H39FN2O5S/c1-22-11-14-27(15-12-22)42(40,41)21-26(20-31(38)36-33(3,4)5)32(39)35-17-7-10-30(37)28-19-25(13-16-29(28)34)24-9-6-8-23(2)18-24/h6,8-9,11-16,18-19,26H,7,10,17,20-21H2,1-5H3,(H,35,39)(H,36,38)/t26-/m1/s1. The molecule has 0 spiro atoms. The molecule has 3 aromatic carbocycles. The number of halogens is 1. The van der Waals surface area contributed by atoms with Crippen LogP contribution in [0.25, 0.3) is 11.1 Å². The second-order valence-corrected chi connectivity index (χ2v) is 13.7. The molecule has 0 bridgehead atoms. The first-order valence-corrected chi connectivity index (χ1v) is 15.6. The van der Waals surface area contributed by atoms with Gasteiger partial charge in [0.15, 0.2) is 15.6 Å².